The zero-order valence-electron chi connectivity index (χ0n) is 17.2. The van der Waals surface area contributed by atoms with Crippen LogP contribution in [0, 0.1) is 5.41 Å². The Hall–Kier alpha value is -2.77. The number of carboxylic acids is 1. The minimum absolute atomic E-state index is 0.256. The number of aliphatic carboxylic acids is 1. The fraction of sp³-hybridized carbons (Fsp3) is 0.550. The van der Waals surface area contributed by atoms with E-state index in [-0.39, 0.29) is 12.5 Å². The number of carboxylic acid groups (broad SMARTS) is 1. The zero-order valence-corrected chi connectivity index (χ0v) is 17.2. The van der Waals surface area contributed by atoms with E-state index in [9.17, 15) is 14.4 Å². The number of hydrogen-bond acceptors (Lipinski definition) is 3. The molecule has 0 saturated carbocycles. The molecule has 0 aromatic heterocycles. The normalized spacial score (nSPS) is 11.4. The third-order valence-corrected chi connectivity index (χ3v) is 3.12. The van der Waals surface area contributed by atoms with Crippen LogP contribution in [0.3, 0.4) is 0 Å². The van der Waals surface area contributed by atoms with Gasteiger partial charge in [0.2, 0.25) is 0 Å². The van der Waals surface area contributed by atoms with Crippen LogP contribution in [0.4, 0.5) is 9.59 Å². The van der Waals surface area contributed by atoms with Gasteiger partial charge in [-0.15, -0.1) is 0 Å². The summed E-state index contributed by atoms with van der Waals surface area (Å²) in [5, 5.41) is 16.5. The van der Waals surface area contributed by atoms with Crippen molar-refractivity contribution in [2.45, 2.75) is 59.5 Å². The Morgan fingerprint density at radius 3 is 2.11 bits per heavy atom. The Labute approximate surface area is 167 Å². The van der Waals surface area contributed by atoms with E-state index in [0.29, 0.717) is 31.3 Å². The molecule has 0 bridgehead atoms. The summed E-state index contributed by atoms with van der Waals surface area (Å²) in [5.41, 5.74) is 6.41. The minimum atomic E-state index is -1.13. The van der Waals surface area contributed by atoms with Gasteiger partial charge in [-0.2, -0.15) is 0 Å². The van der Waals surface area contributed by atoms with Gasteiger partial charge in [-0.1, -0.05) is 58.0 Å². The van der Waals surface area contributed by atoms with Crippen molar-refractivity contribution in [3.8, 4) is 0 Å². The summed E-state index contributed by atoms with van der Waals surface area (Å²) in [6.45, 7) is 9.61. The summed E-state index contributed by atoms with van der Waals surface area (Å²) < 4.78 is 0. The van der Waals surface area contributed by atoms with Crippen LogP contribution >= 0.6 is 0 Å². The van der Waals surface area contributed by atoms with E-state index in [0.717, 1.165) is 5.56 Å². The summed E-state index contributed by atoms with van der Waals surface area (Å²) in [6.07, 6.45) is 1.39. The molecule has 6 N–H and O–H groups in total. The first-order chi connectivity index (χ1) is 13.0. The van der Waals surface area contributed by atoms with Gasteiger partial charge in [0.05, 0.1) is 0 Å². The summed E-state index contributed by atoms with van der Waals surface area (Å²) in [4.78, 5) is 33.1. The molecule has 0 heterocycles. The van der Waals surface area contributed by atoms with Gasteiger partial charge >= 0.3 is 18.0 Å². The van der Waals surface area contributed by atoms with E-state index in [2.05, 4.69) is 43.6 Å². The number of urea groups is 2. The van der Waals surface area contributed by atoms with Gasteiger partial charge in [0.25, 0.3) is 0 Å². The molecule has 0 aliphatic rings. The van der Waals surface area contributed by atoms with Gasteiger partial charge in [0, 0.05) is 13.1 Å². The number of nitrogens with two attached hydrogens (primary N) is 1. The quantitative estimate of drug-likeness (QED) is 0.412. The van der Waals surface area contributed by atoms with Gasteiger partial charge in [-0.05, 0) is 30.2 Å². The lowest BCUT2D eigenvalue weighted by Gasteiger charge is -2.12. The Morgan fingerprint density at radius 1 is 1.04 bits per heavy atom. The number of rotatable bonds is 9. The molecule has 0 unspecified atom stereocenters. The average molecular weight is 395 g/mol. The van der Waals surface area contributed by atoms with E-state index in [1.54, 1.807) is 0 Å². The fourth-order valence-corrected chi connectivity index (χ4v) is 1.95. The molecule has 1 rings (SSSR count). The van der Waals surface area contributed by atoms with Gasteiger partial charge in [-0.3, -0.25) is 0 Å². The molecular weight excluding hydrogens is 360 g/mol. The predicted octanol–water partition coefficient (Wildman–Crippen LogP) is 2.83. The molecular formula is C20H34N4O4. The highest BCUT2D eigenvalue weighted by molar-refractivity contribution is 5.81. The first-order valence-electron chi connectivity index (χ1n) is 9.33. The maximum absolute atomic E-state index is 11.6. The maximum Gasteiger partial charge on any atom is 0.326 e. The van der Waals surface area contributed by atoms with Crippen LogP contribution < -0.4 is 21.7 Å². The van der Waals surface area contributed by atoms with Crippen LogP contribution in [0.15, 0.2) is 30.3 Å². The standard InChI is InChI=1S/C15H22N4O4.C5H12/c16-14(22)19-12(13(20)21)8-4-5-9-17-15(23)18-10-11-6-2-1-3-7-11;1-5(2,3)4/h1-3,6-7,12H,4-5,8-10H2,(H,20,21)(H3,16,19,22)(H2,17,18,23);1-4H3/t12-;/m0./s1. The molecule has 0 aliphatic carbocycles. The van der Waals surface area contributed by atoms with E-state index >= 15 is 0 Å². The molecule has 1 atom stereocenters. The van der Waals surface area contributed by atoms with Crippen molar-refractivity contribution in [1.82, 2.24) is 16.0 Å². The number of nitrogens with one attached hydrogen (secondary N) is 3. The lowest BCUT2D eigenvalue weighted by Crippen LogP contribution is -2.43. The van der Waals surface area contributed by atoms with Crippen LogP contribution in [0.5, 0.6) is 0 Å². The lowest BCUT2D eigenvalue weighted by atomic mass is 10.0. The smallest absolute Gasteiger partial charge is 0.326 e. The highest BCUT2D eigenvalue weighted by atomic mass is 16.4. The molecule has 0 aliphatic heterocycles. The third-order valence-electron chi connectivity index (χ3n) is 3.12. The monoisotopic (exact) mass is 394 g/mol. The van der Waals surface area contributed by atoms with E-state index in [4.69, 9.17) is 10.8 Å². The summed E-state index contributed by atoms with van der Waals surface area (Å²) in [6, 6.07) is 7.38. The molecule has 1 aromatic carbocycles. The predicted molar refractivity (Wildman–Crippen MR) is 110 cm³/mol. The molecule has 28 heavy (non-hydrogen) atoms. The Kier molecular flexibility index (Phi) is 12.1. The number of benzene rings is 1. The SMILES string of the molecule is CC(C)(C)C.NC(=O)N[C@@H](CCCCNC(=O)NCc1ccccc1)C(=O)O. The van der Waals surface area contributed by atoms with Crippen LogP contribution in [0.1, 0.15) is 52.5 Å². The number of carbonyl (C=O) groups excluding carboxylic acids is 2. The topological polar surface area (TPSA) is 134 Å². The Bertz CT molecular complexity index is 594. The molecule has 8 nitrogen and oxygen atoms in total. The third kappa shape index (κ3) is 16.7. The summed E-state index contributed by atoms with van der Waals surface area (Å²) in [5.74, 6) is -1.13. The number of hydrogen-bond donors (Lipinski definition) is 5. The van der Waals surface area contributed by atoms with Crippen molar-refractivity contribution < 1.29 is 19.5 Å². The molecule has 4 amide bonds. The molecule has 0 saturated heterocycles. The molecule has 8 heteroatoms. The largest absolute Gasteiger partial charge is 0.480 e. The van der Waals surface area contributed by atoms with Gasteiger partial charge in [-0.25, -0.2) is 14.4 Å². The molecule has 1 aromatic rings. The van der Waals surface area contributed by atoms with E-state index in [1.165, 1.54) is 0 Å². The van der Waals surface area contributed by atoms with E-state index in [1.807, 2.05) is 30.3 Å². The Morgan fingerprint density at radius 2 is 1.61 bits per heavy atom. The second kappa shape index (κ2) is 13.4. The fourth-order valence-electron chi connectivity index (χ4n) is 1.95. The number of unbranched alkanes of at least 4 members (excludes halogenated alkanes) is 1. The molecule has 0 radical (unpaired) electrons. The first-order valence-corrected chi connectivity index (χ1v) is 9.33. The van der Waals surface area contributed by atoms with Crippen molar-refractivity contribution in [1.29, 1.82) is 0 Å². The average Bonchev–Trinajstić information content (AvgIpc) is 2.57. The van der Waals surface area contributed by atoms with Crippen LogP contribution in [0.25, 0.3) is 0 Å². The number of primary amides is 1. The van der Waals surface area contributed by atoms with Crippen molar-refractivity contribution in [2.75, 3.05) is 6.54 Å². The zero-order chi connectivity index (χ0) is 21.6. The highest BCUT2D eigenvalue weighted by Crippen LogP contribution is 2.08. The maximum atomic E-state index is 11.6. The molecule has 158 valence electrons. The first kappa shape index (κ1) is 25.2. The second-order valence-corrected chi connectivity index (χ2v) is 7.99. The van der Waals surface area contributed by atoms with Crippen molar-refractivity contribution in [3.63, 3.8) is 0 Å². The number of carbonyl (C=O) groups is 3. The van der Waals surface area contributed by atoms with Crippen molar-refractivity contribution in [3.05, 3.63) is 35.9 Å². The van der Waals surface area contributed by atoms with Crippen molar-refractivity contribution >= 4 is 18.0 Å². The summed E-state index contributed by atoms with van der Waals surface area (Å²) >= 11 is 0. The molecule has 0 fully saturated rings. The minimum Gasteiger partial charge on any atom is -0.480 e. The lowest BCUT2D eigenvalue weighted by molar-refractivity contribution is -0.139. The van der Waals surface area contributed by atoms with Crippen LogP contribution in [-0.2, 0) is 11.3 Å². The summed E-state index contributed by atoms with van der Waals surface area (Å²) in [7, 11) is 0. The Balaban J connectivity index is 0.00000129. The number of amides is 4. The van der Waals surface area contributed by atoms with E-state index < -0.39 is 18.0 Å². The van der Waals surface area contributed by atoms with Gasteiger partial charge < -0.3 is 26.8 Å². The van der Waals surface area contributed by atoms with Crippen LogP contribution in [-0.4, -0.2) is 35.7 Å². The second-order valence-electron chi connectivity index (χ2n) is 7.99. The van der Waals surface area contributed by atoms with Crippen molar-refractivity contribution in [2.24, 2.45) is 11.1 Å². The highest BCUT2D eigenvalue weighted by Gasteiger charge is 2.17. The van der Waals surface area contributed by atoms with Gasteiger partial charge in [0.1, 0.15) is 6.04 Å². The van der Waals surface area contributed by atoms with Crippen LogP contribution in [0.2, 0.25) is 0 Å². The molecule has 0 spiro atoms. The van der Waals surface area contributed by atoms with Gasteiger partial charge in [0.15, 0.2) is 0 Å².